The molecule has 3 nitrogen and oxygen atoms in total. The Hall–Kier alpha value is -1.81. The predicted molar refractivity (Wildman–Crippen MR) is 92.3 cm³/mol. The summed E-state index contributed by atoms with van der Waals surface area (Å²) in [6, 6.07) is 12.7. The molecule has 1 aliphatic heterocycles. The highest BCUT2D eigenvalue weighted by Gasteiger charge is 2.30. The van der Waals surface area contributed by atoms with E-state index in [1.165, 1.54) is 10.4 Å². The van der Waals surface area contributed by atoms with Crippen molar-refractivity contribution in [1.29, 1.82) is 0 Å². The van der Waals surface area contributed by atoms with Gasteiger partial charge in [0, 0.05) is 17.1 Å². The lowest BCUT2D eigenvalue weighted by molar-refractivity contribution is -0.130. The maximum absolute atomic E-state index is 12.6. The van der Waals surface area contributed by atoms with Crippen LogP contribution in [0.3, 0.4) is 0 Å². The lowest BCUT2D eigenvalue weighted by Crippen LogP contribution is -2.35. The van der Waals surface area contributed by atoms with Gasteiger partial charge in [-0.05, 0) is 42.3 Å². The van der Waals surface area contributed by atoms with Gasteiger partial charge >= 0.3 is 0 Å². The molecule has 1 unspecified atom stereocenters. The Balaban J connectivity index is 1.64. The fourth-order valence-corrected chi connectivity index (χ4v) is 3.99. The average Bonchev–Trinajstić information content (AvgIpc) is 3.23. The van der Waals surface area contributed by atoms with Gasteiger partial charge in [-0.3, -0.25) is 4.79 Å². The molecule has 1 amide bonds. The van der Waals surface area contributed by atoms with Crippen LogP contribution in [0.5, 0.6) is 0 Å². The minimum atomic E-state index is 0.196. The van der Waals surface area contributed by atoms with Gasteiger partial charge in [-0.25, -0.2) is 0 Å². The van der Waals surface area contributed by atoms with Gasteiger partial charge in [0.1, 0.15) is 0 Å². The number of carbonyl (C=O) groups is 1. The Morgan fingerprint density at radius 1 is 1.32 bits per heavy atom. The average molecular weight is 314 g/mol. The van der Waals surface area contributed by atoms with Crippen molar-refractivity contribution < 1.29 is 4.79 Å². The van der Waals surface area contributed by atoms with Crippen LogP contribution in [0.4, 0.5) is 5.69 Å². The number of nitrogens with one attached hydrogen (secondary N) is 1. The van der Waals surface area contributed by atoms with Crippen molar-refractivity contribution in [2.75, 3.05) is 18.4 Å². The summed E-state index contributed by atoms with van der Waals surface area (Å²) in [5.41, 5.74) is 2.33. The van der Waals surface area contributed by atoms with Crippen molar-refractivity contribution in [3.8, 4) is 0 Å². The number of anilines is 1. The van der Waals surface area contributed by atoms with Crippen molar-refractivity contribution in [3.63, 3.8) is 0 Å². The van der Waals surface area contributed by atoms with Gasteiger partial charge in [0.2, 0.25) is 5.91 Å². The van der Waals surface area contributed by atoms with E-state index in [9.17, 15) is 4.79 Å². The second kappa shape index (κ2) is 6.97. The molecule has 1 saturated heterocycles. The Morgan fingerprint density at radius 3 is 2.95 bits per heavy atom. The highest BCUT2D eigenvalue weighted by molar-refractivity contribution is 7.10. The van der Waals surface area contributed by atoms with Crippen LogP contribution >= 0.6 is 11.3 Å². The first-order valence-corrected chi connectivity index (χ1v) is 8.82. The first-order valence-electron chi connectivity index (χ1n) is 7.94. The summed E-state index contributed by atoms with van der Waals surface area (Å²) in [5.74, 6) is 0.196. The van der Waals surface area contributed by atoms with Crippen molar-refractivity contribution in [2.24, 2.45) is 0 Å². The lowest BCUT2D eigenvalue weighted by Gasteiger charge is -2.24. The number of hydrogen-bond donors (Lipinski definition) is 1. The number of carbonyl (C=O) groups excluding carboxylic acids is 1. The Morgan fingerprint density at radius 2 is 2.18 bits per heavy atom. The molecule has 1 aromatic heterocycles. The standard InChI is InChI=1S/C18H22N2OS/c1-2-14-7-3-4-8-15(14)19-13-18(21)20-11-5-9-16(20)17-10-6-12-22-17/h3-4,6-8,10,12,16,19H,2,5,9,11,13H2,1H3. The van der Waals surface area contributed by atoms with Crippen LogP contribution in [0.15, 0.2) is 41.8 Å². The van der Waals surface area contributed by atoms with E-state index >= 15 is 0 Å². The topological polar surface area (TPSA) is 32.3 Å². The molecule has 3 rings (SSSR count). The number of likely N-dealkylation sites (tertiary alicyclic amines) is 1. The number of benzene rings is 1. The van der Waals surface area contributed by atoms with Gasteiger partial charge in [0.25, 0.3) is 0 Å². The van der Waals surface area contributed by atoms with E-state index in [2.05, 4.69) is 35.8 Å². The maximum atomic E-state index is 12.6. The summed E-state index contributed by atoms with van der Waals surface area (Å²) in [7, 11) is 0. The molecule has 116 valence electrons. The third kappa shape index (κ3) is 3.17. The molecule has 1 fully saturated rings. The van der Waals surface area contributed by atoms with Gasteiger partial charge in [-0.1, -0.05) is 31.2 Å². The number of nitrogens with zero attached hydrogens (tertiary/aromatic N) is 1. The molecule has 0 aliphatic carbocycles. The van der Waals surface area contributed by atoms with Crippen LogP contribution in [-0.2, 0) is 11.2 Å². The zero-order valence-corrected chi connectivity index (χ0v) is 13.7. The van der Waals surface area contributed by atoms with E-state index < -0.39 is 0 Å². The molecule has 22 heavy (non-hydrogen) atoms. The van der Waals surface area contributed by atoms with Crippen molar-refractivity contribution >= 4 is 22.9 Å². The van der Waals surface area contributed by atoms with Crippen molar-refractivity contribution in [2.45, 2.75) is 32.2 Å². The minimum Gasteiger partial charge on any atom is -0.376 e. The number of aryl methyl sites for hydroxylation is 1. The van der Waals surface area contributed by atoms with E-state index in [1.54, 1.807) is 11.3 Å². The zero-order chi connectivity index (χ0) is 15.4. The Kier molecular flexibility index (Phi) is 4.78. The summed E-state index contributed by atoms with van der Waals surface area (Å²) in [5, 5.41) is 5.41. The van der Waals surface area contributed by atoms with Gasteiger partial charge in [0.15, 0.2) is 0 Å². The fraction of sp³-hybridized carbons (Fsp3) is 0.389. The van der Waals surface area contributed by atoms with E-state index in [4.69, 9.17) is 0 Å². The smallest absolute Gasteiger partial charge is 0.242 e. The molecule has 1 aliphatic rings. The largest absolute Gasteiger partial charge is 0.376 e. The third-order valence-corrected chi connectivity index (χ3v) is 5.25. The normalized spacial score (nSPS) is 17.7. The zero-order valence-electron chi connectivity index (χ0n) is 12.9. The number of thiophene rings is 1. The molecule has 0 spiro atoms. The highest BCUT2D eigenvalue weighted by Crippen LogP contribution is 2.34. The van der Waals surface area contributed by atoms with Crippen LogP contribution < -0.4 is 5.32 Å². The van der Waals surface area contributed by atoms with E-state index in [0.29, 0.717) is 6.54 Å². The van der Waals surface area contributed by atoms with Crippen LogP contribution in [0.1, 0.15) is 36.2 Å². The maximum Gasteiger partial charge on any atom is 0.242 e. The van der Waals surface area contributed by atoms with E-state index in [1.807, 2.05) is 23.1 Å². The molecule has 1 aromatic carbocycles. The first kappa shape index (κ1) is 15.1. The van der Waals surface area contributed by atoms with Gasteiger partial charge in [-0.15, -0.1) is 11.3 Å². The summed E-state index contributed by atoms with van der Waals surface area (Å²) in [6.07, 6.45) is 3.15. The first-order chi connectivity index (χ1) is 10.8. The Labute approximate surface area is 136 Å². The lowest BCUT2D eigenvalue weighted by atomic mass is 10.1. The van der Waals surface area contributed by atoms with Crippen LogP contribution in [0.25, 0.3) is 0 Å². The molecular formula is C18H22N2OS. The third-order valence-electron chi connectivity index (χ3n) is 4.27. The second-order valence-corrected chi connectivity index (χ2v) is 6.60. The second-order valence-electron chi connectivity index (χ2n) is 5.62. The number of amides is 1. The van der Waals surface area contributed by atoms with E-state index in [-0.39, 0.29) is 11.9 Å². The van der Waals surface area contributed by atoms with Crippen molar-refractivity contribution in [3.05, 3.63) is 52.2 Å². The molecule has 1 N–H and O–H groups in total. The molecular weight excluding hydrogens is 292 g/mol. The highest BCUT2D eigenvalue weighted by atomic mass is 32.1. The molecule has 0 saturated carbocycles. The molecule has 0 bridgehead atoms. The van der Waals surface area contributed by atoms with Crippen LogP contribution in [0.2, 0.25) is 0 Å². The van der Waals surface area contributed by atoms with Gasteiger partial charge in [0.05, 0.1) is 12.6 Å². The summed E-state index contributed by atoms with van der Waals surface area (Å²) in [4.78, 5) is 15.9. The van der Waals surface area contributed by atoms with Gasteiger partial charge in [-0.2, -0.15) is 0 Å². The monoisotopic (exact) mass is 314 g/mol. The van der Waals surface area contributed by atoms with Gasteiger partial charge < -0.3 is 10.2 Å². The van der Waals surface area contributed by atoms with Crippen molar-refractivity contribution in [1.82, 2.24) is 4.90 Å². The SMILES string of the molecule is CCc1ccccc1NCC(=O)N1CCCC1c1cccs1. The predicted octanol–water partition coefficient (Wildman–Crippen LogP) is 4.09. The van der Waals surface area contributed by atoms with Crippen LogP contribution in [0, 0.1) is 0 Å². The van der Waals surface area contributed by atoms with E-state index in [0.717, 1.165) is 31.5 Å². The molecule has 2 heterocycles. The minimum absolute atomic E-state index is 0.196. The fourth-order valence-electron chi connectivity index (χ4n) is 3.12. The number of rotatable bonds is 5. The molecule has 4 heteroatoms. The quantitative estimate of drug-likeness (QED) is 0.901. The summed E-state index contributed by atoms with van der Waals surface area (Å²) < 4.78 is 0. The number of para-hydroxylation sites is 1. The molecule has 1 atom stereocenters. The van der Waals surface area contributed by atoms with Crippen LogP contribution in [-0.4, -0.2) is 23.9 Å². The molecule has 2 aromatic rings. The number of hydrogen-bond acceptors (Lipinski definition) is 3. The summed E-state index contributed by atoms with van der Waals surface area (Å²) in [6.45, 7) is 3.38. The summed E-state index contributed by atoms with van der Waals surface area (Å²) >= 11 is 1.75. The molecule has 0 radical (unpaired) electrons. The Bertz CT molecular complexity index is 624.